The topological polar surface area (TPSA) is 89.6 Å². The van der Waals surface area contributed by atoms with Gasteiger partial charge in [0.25, 0.3) is 5.91 Å². The van der Waals surface area contributed by atoms with Crippen LogP contribution in [0.1, 0.15) is 55.1 Å². The molecule has 0 bridgehead atoms. The molecule has 7 heteroatoms. The van der Waals surface area contributed by atoms with E-state index in [2.05, 4.69) is 15.6 Å². The van der Waals surface area contributed by atoms with Crippen molar-refractivity contribution in [1.29, 1.82) is 0 Å². The van der Waals surface area contributed by atoms with Gasteiger partial charge in [-0.15, -0.1) is 0 Å². The van der Waals surface area contributed by atoms with Gasteiger partial charge in [-0.1, -0.05) is 12.1 Å². The molecular formula is C26H29N3O4. The predicted octanol–water partition coefficient (Wildman–Crippen LogP) is 5.32. The van der Waals surface area contributed by atoms with Gasteiger partial charge in [0.1, 0.15) is 11.4 Å². The molecule has 4 rings (SSSR count). The first-order chi connectivity index (χ1) is 15.6. The maximum atomic E-state index is 13.2. The Morgan fingerprint density at radius 1 is 1.09 bits per heavy atom. The Kier molecular flexibility index (Phi) is 5.74. The number of ether oxygens (including phenoxy) is 2. The fraction of sp³-hybridized carbons (Fsp3) is 0.346. The summed E-state index contributed by atoms with van der Waals surface area (Å²) in [6.07, 6.45) is 2.76. The van der Waals surface area contributed by atoms with Crippen molar-refractivity contribution < 1.29 is 19.1 Å². The fourth-order valence-electron chi connectivity index (χ4n) is 3.92. The van der Waals surface area contributed by atoms with Gasteiger partial charge in [-0.25, -0.2) is 4.79 Å². The van der Waals surface area contributed by atoms with E-state index in [9.17, 15) is 9.59 Å². The van der Waals surface area contributed by atoms with Gasteiger partial charge in [0.2, 0.25) is 0 Å². The molecule has 3 aromatic rings. The van der Waals surface area contributed by atoms with Crippen LogP contribution in [0, 0.1) is 6.92 Å². The molecule has 2 amide bonds. The van der Waals surface area contributed by atoms with E-state index < -0.39 is 17.2 Å². The number of aromatic nitrogens is 1. The zero-order chi connectivity index (χ0) is 23.8. The van der Waals surface area contributed by atoms with Gasteiger partial charge in [0.05, 0.1) is 18.2 Å². The highest BCUT2D eigenvalue weighted by Crippen LogP contribution is 2.49. The van der Waals surface area contributed by atoms with E-state index in [1.54, 1.807) is 19.4 Å². The monoisotopic (exact) mass is 447 g/mol. The van der Waals surface area contributed by atoms with Crippen LogP contribution in [-0.4, -0.2) is 29.7 Å². The number of methoxy groups -OCH3 is 1. The van der Waals surface area contributed by atoms with Crippen LogP contribution in [0.3, 0.4) is 0 Å². The van der Waals surface area contributed by atoms with Crippen molar-refractivity contribution in [2.75, 3.05) is 12.4 Å². The van der Waals surface area contributed by atoms with Gasteiger partial charge in [-0.2, -0.15) is 0 Å². The average molecular weight is 448 g/mol. The number of pyridine rings is 1. The Labute approximate surface area is 193 Å². The van der Waals surface area contributed by atoms with Crippen LogP contribution in [0.25, 0.3) is 10.9 Å². The molecule has 0 unspecified atom stereocenters. The molecule has 7 nitrogen and oxygen atoms in total. The molecular weight excluding hydrogens is 418 g/mol. The normalized spacial score (nSPS) is 14.5. The van der Waals surface area contributed by atoms with Crippen LogP contribution >= 0.6 is 0 Å². The lowest BCUT2D eigenvalue weighted by molar-refractivity contribution is 0.0635. The van der Waals surface area contributed by atoms with E-state index in [0.29, 0.717) is 17.0 Å². The van der Waals surface area contributed by atoms with Crippen LogP contribution in [-0.2, 0) is 10.3 Å². The third-order valence-electron chi connectivity index (χ3n) is 5.67. The van der Waals surface area contributed by atoms with Gasteiger partial charge in [0, 0.05) is 22.8 Å². The van der Waals surface area contributed by atoms with Crippen LogP contribution in [0.2, 0.25) is 0 Å². The fourth-order valence-corrected chi connectivity index (χ4v) is 3.92. The number of nitrogens with zero attached hydrogens (tertiary/aromatic N) is 1. The predicted molar refractivity (Wildman–Crippen MR) is 128 cm³/mol. The minimum Gasteiger partial charge on any atom is -0.497 e. The van der Waals surface area contributed by atoms with Crippen molar-refractivity contribution in [3.8, 4) is 5.75 Å². The van der Waals surface area contributed by atoms with Crippen molar-refractivity contribution >= 4 is 28.6 Å². The lowest BCUT2D eigenvalue weighted by Gasteiger charge is -2.23. The molecule has 1 fully saturated rings. The molecule has 0 aliphatic heterocycles. The SMILES string of the molecule is COc1ccc(C)c(C(=O)NC2(c3cc(NC(=O)OC(C)(C)C)cc4ncccc34)CC2)c1. The first-order valence-electron chi connectivity index (χ1n) is 11.0. The quantitative estimate of drug-likeness (QED) is 0.553. The first-order valence-corrected chi connectivity index (χ1v) is 11.0. The summed E-state index contributed by atoms with van der Waals surface area (Å²) in [5.74, 6) is 0.472. The number of carbonyl (C=O) groups excluding carboxylic acids is 2. The second-order valence-electron chi connectivity index (χ2n) is 9.44. The maximum absolute atomic E-state index is 13.2. The van der Waals surface area contributed by atoms with Crippen molar-refractivity contribution in [2.45, 2.75) is 51.7 Å². The number of aryl methyl sites for hydroxylation is 1. The Morgan fingerprint density at radius 3 is 2.52 bits per heavy atom. The van der Waals surface area contributed by atoms with Crippen molar-refractivity contribution in [1.82, 2.24) is 10.3 Å². The largest absolute Gasteiger partial charge is 0.497 e. The second-order valence-corrected chi connectivity index (χ2v) is 9.44. The summed E-state index contributed by atoms with van der Waals surface area (Å²) in [5.41, 5.74) is 2.54. The molecule has 0 atom stereocenters. The van der Waals surface area contributed by atoms with Gasteiger partial charge in [-0.3, -0.25) is 15.1 Å². The van der Waals surface area contributed by atoms with E-state index in [0.717, 1.165) is 34.9 Å². The van der Waals surface area contributed by atoms with E-state index >= 15 is 0 Å². The Hall–Kier alpha value is -3.61. The first kappa shape index (κ1) is 22.6. The highest BCUT2D eigenvalue weighted by Gasteiger charge is 2.47. The summed E-state index contributed by atoms with van der Waals surface area (Å²) >= 11 is 0. The molecule has 0 spiro atoms. The molecule has 2 N–H and O–H groups in total. The summed E-state index contributed by atoms with van der Waals surface area (Å²) in [7, 11) is 1.58. The summed E-state index contributed by atoms with van der Waals surface area (Å²) in [4.78, 5) is 30.1. The van der Waals surface area contributed by atoms with Crippen LogP contribution in [0.15, 0.2) is 48.7 Å². The van der Waals surface area contributed by atoms with Gasteiger partial charge >= 0.3 is 6.09 Å². The van der Waals surface area contributed by atoms with Crippen LogP contribution in [0.5, 0.6) is 5.75 Å². The molecule has 172 valence electrons. The van der Waals surface area contributed by atoms with Crippen molar-refractivity contribution in [2.24, 2.45) is 0 Å². The Bertz CT molecular complexity index is 1230. The molecule has 2 aromatic carbocycles. The maximum Gasteiger partial charge on any atom is 0.412 e. The third kappa shape index (κ3) is 4.92. The van der Waals surface area contributed by atoms with Crippen molar-refractivity contribution in [3.63, 3.8) is 0 Å². The third-order valence-corrected chi connectivity index (χ3v) is 5.67. The smallest absolute Gasteiger partial charge is 0.412 e. The molecule has 1 heterocycles. The van der Waals surface area contributed by atoms with E-state index in [-0.39, 0.29) is 5.91 Å². The van der Waals surface area contributed by atoms with E-state index in [1.165, 1.54) is 0 Å². The number of hydrogen-bond donors (Lipinski definition) is 2. The van der Waals surface area contributed by atoms with E-state index in [4.69, 9.17) is 9.47 Å². The summed E-state index contributed by atoms with van der Waals surface area (Å²) in [5, 5.41) is 6.98. The molecule has 1 aromatic heterocycles. The number of fused-ring (bicyclic) bond motifs is 1. The molecule has 1 aliphatic rings. The Morgan fingerprint density at radius 2 is 1.85 bits per heavy atom. The number of benzene rings is 2. The summed E-state index contributed by atoms with van der Waals surface area (Å²) < 4.78 is 10.7. The lowest BCUT2D eigenvalue weighted by atomic mass is 9.97. The van der Waals surface area contributed by atoms with Crippen LogP contribution in [0.4, 0.5) is 10.5 Å². The number of nitrogens with one attached hydrogen (secondary N) is 2. The number of hydrogen-bond acceptors (Lipinski definition) is 5. The molecule has 0 saturated heterocycles. The Balaban J connectivity index is 1.68. The minimum atomic E-state index is -0.609. The number of carbonyl (C=O) groups is 2. The zero-order valence-electron chi connectivity index (χ0n) is 19.6. The highest BCUT2D eigenvalue weighted by atomic mass is 16.6. The standard InChI is InChI=1S/C26H29N3O4/c1-16-8-9-18(32-5)15-20(16)23(30)29-26(10-11-26)21-13-17(28-24(31)33-25(2,3)4)14-22-19(21)7-6-12-27-22/h6-9,12-15H,10-11H2,1-5H3,(H,28,31)(H,29,30). The lowest BCUT2D eigenvalue weighted by Crippen LogP contribution is -2.35. The number of rotatable bonds is 5. The highest BCUT2D eigenvalue weighted by molar-refractivity contribution is 5.98. The van der Waals surface area contributed by atoms with Gasteiger partial charge in [0.15, 0.2) is 0 Å². The van der Waals surface area contributed by atoms with Gasteiger partial charge in [-0.05, 0) is 82.0 Å². The second kappa shape index (κ2) is 8.39. The summed E-state index contributed by atoms with van der Waals surface area (Å²) in [6.45, 7) is 7.35. The van der Waals surface area contributed by atoms with Gasteiger partial charge < -0.3 is 14.8 Å². The zero-order valence-corrected chi connectivity index (χ0v) is 19.6. The minimum absolute atomic E-state index is 0.161. The average Bonchev–Trinajstić information content (AvgIpc) is 3.52. The van der Waals surface area contributed by atoms with Crippen molar-refractivity contribution in [3.05, 3.63) is 65.4 Å². The van der Waals surface area contributed by atoms with Crippen LogP contribution < -0.4 is 15.4 Å². The summed E-state index contributed by atoms with van der Waals surface area (Å²) in [6, 6.07) is 13.0. The molecule has 0 radical (unpaired) electrons. The molecule has 33 heavy (non-hydrogen) atoms. The number of amides is 2. The number of anilines is 1. The molecule has 1 saturated carbocycles. The molecule has 1 aliphatic carbocycles. The van der Waals surface area contributed by atoms with E-state index in [1.807, 2.05) is 64.1 Å².